The topological polar surface area (TPSA) is 72.7 Å². The van der Waals surface area contributed by atoms with Gasteiger partial charge in [-0.2, -0.15) is 0 Å². The monoisotopic (exact) mass is 507 g/mol. The predicted octanol–water partition coefficient (Wildman–Crippen LogP) is 3.75. The van der Waals surface area contributed by atoms with Crippen LogP contribution in [0.5, 0.6) is 11.5 Å². The maximum atomic E-state index is 5.34. The molecule has 0 fully saturated rings. The lowest BCUT2D eigenvalue weighted by Gasteiger charge is -2.14. The Morgan fingerprint density at radius 2 is 1.76 bits per heavy atom. The van der Waals surface area contributed by atoms with Crippen molar-refractivity contribution in [3.05, 3.63) is 72.3 Å². The number of hydrogen-bond acceptors (Lipinski definition) is 4. The van der Waals surface area contributed by atoms with Gasteiger partial charge in [0.2, 0.25) is 0 Å². The largest absolute Gasteiger partial charge is 0.493 e. The van der Waals surface area contributed by atoms with Crippen molar-refractivity contribution < 1.29 is 9.47 Å². The Kier molecular flexibility index (Phi) is 8.78. The molecule has 3 rings (SSSR count). The summed E-state index contributed by atoms with van der Waals surface area (Å²) in [5.74, 6) is 2.03. The zero-order valence-electron chi connectivity index (χ0n) is 16.8. The van der Waals surface area contributed by atoms with Crippen LogP contribution in [0.2, 0.25) is 0 Å². The molecule has 2 aromatic carbocycles. The van der Waals surface area contributed by atoms with E-state index in [0.717, 1.165) is 12.2 Å². The Morgan fingerprint density at radius 1 is 1.03 bits per heavy atom. The van der Waals surface area contributed by atoms with Crippen molar-refractivity contribution in [2.24, 2.45) is 4.99 Å². The van der Waals surface area contributed by atoms with Gasteiger partial charge in [-0.15, -0.1) is 24.0 Å². The molecule has 0 aliphatic rings. The normalized spacial score (nSPS) is 10.8. The van der Waals surface area contributed by atoms with Crippen LogP contribution in [0.1, 0.15) is 11.1 Å². The first-order valence-electron chi connectivity index (χ1n) is 8.95. The van der Waals surface area contributed by atoms with Gasteiger partial charge in [0.25, 0.3) is 0 Å². The number of rotatable bonds is 7. The molecule has 29 heavy (non-hydrogen) atoms. The van der Waals surface area contributed by atoms with Crippen molar-refractivity contribution >= 4 is 35.6 Å². The number of aromatic nitrogens is 2. The van der Waals surface area contributed by atoms with E-state index < -0.39 is 0 Å². The van der Waals surface area contributed by atoms with Crippen LogP contribution >= 0.6 is 24.0 Å². The third-order valence-corrected chi connectivity index (χ3v) is 4.28. The fraction of sp³-hybridized carbons (Fsp3) is 0.238. The van der Waals surface area contributed by atoms with Gasteiger partial charge in [0.05, 0.1) is 20.5 Å². The van der Waals surface area contributed by atoms with Gasteiger partial charge in [0, 0.05) is 44.3 Å². The minimum absolute atomic E-state index is 0. The molecule has 0 saturated heterocycles. The number of nitrogens with one attached hydrogen (secondary N) is 2. The average Bonchev–Trinajstić information content (AvgIpc) is 3.25. The molecule has 1 heterocycles. The van der Waals surface area contributed by atoms with E-state index in [-0.39, 0.29) is 24.0 Å². The van der Waals surface area contributed by atoms with Crippen molar-refractivity contribution in [3.63, 3.8) is 0 Å². The number of aliphatic imine (C=N–C) groups is 1. The molecule has 0 unspecified atom stereocenters. The molecule has 1 aromatic heterocycles. The number of anilines is 1. The molecule has 0 aliphatic heterocycles. The Hall–Kier alpha value is -2.75. The molecular formula is C21H26IN5O2. The van der Waals surface area contributed by atoms with Gasteiger partial charge < -0.3 is 24.7 Å². The summed E-state index contributed by atoms with van der Waals surface area (Å²) in [7, 11) is 4.97. The van der Waals surface area contributed by atoms with Gasteiger partial charge >= 0.3 is 0 Å². The minimum atomic E-state index is 0. The highest BCUT2D eigenvalue weighted by molar-refractivity contribution is 14.0. The van der Waals surface area contributed by atoms with E-state index in [1.54, 1.807) is 27.5 Å². The number of halogens is 1. The number of guanidine groups is 1. The van der Waals surface area contributed by atoms with Crippen LogP contribution in [-0.4, -0.2) is 36.8 Å². The number of ether oxygens (including phenoxy) is 2. The molecule has 3 aromatic rings. The summed E-state index contributed by atoms with van der Waals surface area (Å²) in [6.45, 7) is 1.48. The Morgan fingerprint density at radius 3 is 2.38 bits per heavy atom. The van der Waals surface area contributed by atoms with Crippen LogP contribution in [0, 0.1) is 0 Å². The molecule has 0 bridgehead atoms. The van der Waals surface area contributed by atoms with Crippen LogP contribution in [0.4, 0.5) is 5.69 Å². The number of imidazole rings is 1. The lowest BCUT2D eigenvalue weighted by atomic mass is 10.1. The molecule has 154 valence electrons. The zero-order chi connectivity index (χ0) is 19.8. The van der Waals surface area contributed by atoms with E-state index in [9.17, 15) is 0 Å². The molecule has 8 heteroatoms. The Labute approximate surface area is 188 Å². The number of methoxy groups -OCH3 is 2. The van der Waals surface area contributed by atoms with Crippen molar-refractivity contribution in [2.75, 3.05) is 26.6 Å². The second-order valence-electron chi connectivity index (χ2n) is 6.17. The minimum Gasteiger partial charge on any atom is -0.493 e. The SMILES string of the molecule is CN=C(NCc1ccc(Cn2ccnc2)cc1)Nc1ccc(OC)c(OC)c1.I. The summed E-state index contributed by atoms with van der Waals surface area (Å²) < 4.78 is 12.6. The number of nitrogens with zero attached hydrogens (tertiary/aromatic N) is 3. The third kappa shape index (κ3) is 6.38. The molecule has 2 N–H and O–H groups in total. The van der Waals surface area contributed by atoms with Crippen molar-refractivity contribution in [1.82, 2.24) is 14.9 Å². The predicted molar refractivity (Wildman–Crippen MR) is 127 cm³/mol. The highest BCUT2D eigenvalue weighted by atomic mass is 127. The first kappa shape index (κ1) is 22.5. The lowest BCUT2D eigenvalue weighted by molar-refractivity contribution is 0.355. The summed E-state index contributed by atoms with van der Waals surface area (Å²) in [6, 6.07) is 14.1. The summed E-state index contributed by atoms with van der Waals surface area (Å²) in [6.07, 6.45) is 5.56. The van der Waals surface area contributed by atoms with Gasteiger partial charge in [-0.1, -0.05) is 24.3 Å². The lowest BCUT2D eigenvalue weighted by Crippen LogP contribution is -2.30. The third-order valence-electron chi connectivity index (χ3n) is 4.28. The van der Waals surface area contributed by atoms with E-state index in [0.29, 0.717) is 24.0 Å². The van der Waals surface area contributed by atoms with Crippen LogP contribution in [0.3, 0.4) is 0 Å². The van der Waals surface area contributed by atoms with Crippen molar-refractivity contribution in [1.29, 1.82) is 0 Å². The second-order valence-corrected chi connectivity index (χ2v) is 6.17. The molecule has 0 spiro atoms. The van der Waals surface area contributed by atoms with Crippen molar-refractivity contribution in [2.45, 2.75) is 13.1 Å². The van der Waals surface area contributed by atoms with E-state index in [2.05, 4.69) is 44.9 Å². The van der Waals surface area contributed by atoms with Gasteiger partial charge in [0.15, 0.2) is 17.5 Å². The summed E-state index contributed by atoms with van der Waals surface area (Å²) in [5.41, 5.74) is 3.26. The maximum Gasteiger partial charge on any atom is 0.195 e. The highest BCUT2D eigenvalue weighted by Gasteiger charge is 2.06. The van der Waals surface area contributed by atoms with Gasteiger partial charge in [-0.3, -0.25) is 4.99 Å². The molecule has 0 aliphatic carbocycles. The van der Waals surface area contributed by atoms with Gasteiger partial charge in [-0.05, 0) is 23.3 Å². The Bertz CT molecular complexity index is 911. The molecular weight excluding hydrogens is 481 g/mol. The standard InChI is InChI=1S/C21H25N5O2.HI/c1-22-21(25-18-8-9-19(27-2)20(12-18)28-3)24-13-16-4-6-17(7-5-16)14-26-11-10-23-15-26;/h4-12,15H,13-14H2,1-3H3,(H2,22,24,25);1H. The van der Waals surface area contributed by atoms with Gasteiger partial charge in [-0.25, -0.2) is 4.98 Å². The Balaban J connectivity index is 0.00000300. The summed E-state index contributed by atoms with van der Waals surface area (Å²) in [5, 5.41) is 6.58. The highest BCUT2D eigenvalue weighted by Crippen LogP contribution is 2.29. The number of hydrogen-bond donors (Lipinski definition) is 2. The molecule has 0 amide bonds. The van der Waals surface area contributed by atoms with E-state index in [4.69, 9.17) is 9.47 Å². The maximum absolute atomic E-state index is 5.34. The first-order valence-corrected chi connectivity index (χ1v) is 8.95. The summed E-state index contributed by atoms with van der Waals surface area (Å²) in [4.78, 5) is 8.34. The van der Waals surface area contributed by atoms with E-state index in [1.165, 1.54) is 11.1 Å². The van der Waals surface area contributed by atoms with E-state index in [1.807, 2.05) is 35.3 Å². The first-order chi connectivity index (χ1) is 13.7. The van der Waals surface area contributed by atoms with Gasteiger partial charge in [0.1, 0.15) is 0 Å². The van der Waals surface area contributed by atoms with Crippen LogP contribution in [0.15, 0.2) is 66.2 Å². The van der Waals surface area contributed by atoms with Crippen LogP contribution in [0.25, 0.3) is 0 Å². The summed E-state index contributed by atoms with van der Waals surface area (Å²) >= 11 is 0. The van der Waals surface area contributed by atoms with Crippen LogP contribution < -0.4 is 20.1 Å². The zero-order valence-corrected chi connectivity index (χ0v) is 19.1. The fourth-order valence-electron chi connectivity index (χ4n) is 2.77. The molecule has 0 saturated carbocycles. The average molecular weight is 507 g/mol. The fourth-order valence-corrected chi connectivity index (χ4v) is 2.77. The smallest absolute Gasteiger partial charge is 0.195 e. The number of benzene rings is 2. The molecule has 7 nitrogen and oxygen atoms in total. The molecule has 0 radical (unpaired) electrons. The second kappa shape index (κ2) is 11.3. The van der Waals surface area contributed by atoms with Crippen molar-refractivity contribution in [3.8, 4) is 11.5 Å². The molecule has 0 atom stereocenters. The van der Waals surface area contributed by atoms with E-state index >= 15 is 0 Å². The quantitative estimate of drug-likeness (QED) is 0.290. The van der Waals surface area contributed by atoms with Crippen LogP contribution in [-0.2, 0) is 13.1 Å².